The number of hydrogen-bond acceptors (Lipinski definition) is 4. The Bertz CT molecular complexity index is 1130. The Morgan fingerprint density at radius 1 is 1.16 bits per heavy atom. The first-order valence-electron chi connectivity index (χ1n) is 8.00. The number of nitrogens with one attached hydrogen (secondary N) is 1. The molecule has 1 aliphatic carbocycles. The van der Waals surface area contributed by atoms with Gasteiger partial charge in [-0.1, -0.05) is 29.8 Å². The number of nitrogens with zero attached hydrogens (tertiary/aromatic N) is 2. The molecule has 0 amide bonds. The van der Waals surface area contributed by atoms with Gasteiger partial charge in [0.1, 0.15) is 11.5 Å². The third-order valence-electron chi connectivity index (χ3n) is 4.47. The number of benzene rings is 1. The molecule has 25 heavy (non-hydrogen) atoms. The molecular formula is C19H17N3O3. The Kier molecular flexibility index (Phi) is 3.35. The SMILES string of the molecule is Cc1ccc2c(c1)C=Cc1nc(C)oc1C2c1cn(C)c(=O)[nH]c1=O. The Morgan fingerprint density at radius 2 is 1.96 bits per heavy atom. The molecule has 1 aromatic carbocycles. The quantitative estimate of drug-likeness (QED) is 0.579. The lowest BCUT2D eigenvalue weighted by molar-refractivity contribution is 0.468. The highest BCUT2D eigenvalue weighted by Crippen LogP contribution is 2.38. The number of aryl methyl sites for hydroxylation is 3. The molecule has 6 heteroatoms. The highest BCUT2D eigenvalue weighted by atomic mass is 16.4. The topological polar surface area (TPSA) is 80.9 Å². The highest BCUT2D eigenvalue weighted by Gasteiger charge is 2.30. The summed E-state index contributed by atoms with van der Waals surface area (Å²) in [6, 6.07) is 6.06. The van der Waals surface area contributed by atoms with Crippen LogP contribution in [-0.2, 0) is 7.05 Å². The molecule has 1 aliphatic rings. The number of fused-ring (bicyclic) bond motifs is 2. The minimum absolute atomic E-state index is 0.415. The van der Waals surface area contributed by atoms with E-state index in [0.717, 1.165) is 16.7 Å². The second kappa shape index (κ2) is 5.44. The number of oxazole rings is 1. The zero-order valence-electron chi connectivity index (χ0n) is 14.2. The van der Waals surface area contributed by atoms with Crippen LogP contribution in [0.2, 0.25) is 0 Å². The summed E-state index contributed by atoms with van der Waals surface area (Å²) in [7, 11) is 1.61. The molecule has 3 aromatic rings. The number of rotatable bonds is 1. The third-order valence-corrected chi connectivity index (χ3v) is 4.47. The van der Waals surface area contributed by atoms with Crippen LogP contribution in [0.4, 0.5) is 0 Å². The fourth-order valence-corrected chi connectivity index (χ4v) is 3.29. The molecule has 4 rings (SSSR count). The van der Waals surface area contributed by atoms with Gasteiger partial charge >= 0.3 is 5.69 Å². The molecule has 1 unspecified atom stereocenters. The zero-order valence-corrected chi connectivity index (χ0v) is 14.2. The number of hydrogen-bond donors (Lipinski definition) is 1. The van der Waals surface area contributed by atoms with Crippen molar-refractivity contribution in [1.29, 1.82) is 0 Å². The van der Waals surface area contributed by atoms with E-state index in [9.17, 15) is 9.59 Å². The second-order valence-electron chi connectivity index (χ2n) is 6.34. The van der Waals surface area contributed by atoms with Gasteiger partial charge in [-0.25, -0.2) is 9.78 Å². The summed E-state index contributed by atoms with van der Waals surface area (Å²) >= 11 is 0. The fourth-order valence-electron chi connectivity index (χ4n) is 3.29. The van der Waals surface area contributed by atoms with Crippen molar-refractivity contribution in [2.24, 2.45) is 7.05 Å². The van der Waals surface area contributed by atoms with Gasteiger partial charge in [0.2, 0.25) is 0 Å². The van der Waals surface area contributed by atoms with Gasteiger partial charge in [0.05, 0.1) is 5.92 Å². The predicted molar refractivity (Wildman–Crippen MR) is 94.6 cm³/mol. The molecule has 2 aromatic heterocycles. The number of aromatic nitrogens is 3. The summed E-state index contributed by atoms with van der Waals surface area (Å²) in [5, 5.41) is 0. The maximum Gasteiger partial charge on any atom is 0.328 e. The molecule has 2 heterocycles. The minimum atomic E-state index is -0.446. The van der Waals surface area contributed by atoms with E-state index in [4.69, 9.17) is 4.42 Å². The van der Waals surface area contributed by atoms with Gasteiger partial charge in [0.15, 0.2) is 5.89 Å². The van der Waals surface area contributed by atoms with Gasteiger partial charge in [0, 0.05) is 25.7 Å². The first-order chi connectivity index (χ1) is 11.9. The zero-order chi connectivity index (χ0) is 17.7. The van der Waals surface area contributed by atoms with Gasteiger partial charge in [0.25, 0.3) is 5.56 Å². The monoisotopic (exact) mass is 335 g/mol. The lowest BCUT2D eigenvalue weighted by atomic mass is 9.87. The summed E-state index contributed by atoms with van der Waals surface area (Å²) in [4.78, 5) is 31.1. The molecule has 0 fully saturated rings. The summed E-state index contributed by atoms with van der Waals surface area (Å²) < 4.78 is 7.23. The lowest BCUT2D eigenvalue weighted by Gasteiger charge is -2.17. The Morgan fingerprint density at radius 3 is 2.76 bits per heavy atom. The predicted octanol–water partition coefficient (Wildman–Crippen LogP) is 2.34. The van der Waals surface area contributed by atoms with Crippen LogP contribution in [0.3, 0.4) is 0 Å². The van der Waals surface area contributed by atoms with Gasteiger partial charge < -0.3 is 8.98 Å². The Labute approximate surface area is 143 Å². The van der Waals surface area contributed by atoms with Crippen molar-refractivity contribution in [2.45, 2.75) is 19.8 Å². The van der Waals surface area contributed by atoms with Crippen molar-refractivity contribution >= 4 is 12.2 Å². The van der Waals surface area contributed by atoms with Crippen molar-refractivity contribution < 1.29 is 4.42 Å². The van der Waals surface area contributed by atoms with E-state index >= 15 is 0 Å². The first-order valence-corrected chi connectivity index (χ1v) is 8.00. The maximum absolute atomic E-state index is 12.5. The molecule has 0 spiro atoms. The van der Waals surface area contributed by atoms with Crippen LogP contribution in [0.5, 0.6) is 0 Å². The van der Waals surface area contributed by atoms with Gasteiger partial charge in [-0.3, -0.25) is 9.78 Å². The van der Waals surface area contributed by atoms with E-state index in [1.807, 2.05) is 31.2 Å². The molecule has 0 radical (unpaired) electrons. The second-order valence-corrected chi connectivity index (χ2v) is 6.34. The molecule has 0 saturated heterocycles. The summed E-state index contributed by atoms with van der Waals surface area (Å²) in [5.41, 5.74) is 3.36. The molecule has 0 bridgehead atoms. The van der Waals surface area contributed by atoms with E-state index < -0.39 is 17.2 Å². The summed E-state index contributed by atoms with van der Waals surface area (Å²) in [6.45, 7) is 3.80. The van der Waals surface area contributed by atoms with E-state index in [2.05, 4.69) is 16.0 Å². The molecule has 1 atom stereocenters. The van der Waals surface area contributed by atoms with Crippen molar-refractivity contribution in [3.63, 3.8) is 0 Å². The minimum Gasteiger partial charge on any atom is -0.444 e. The van der Waals surface area contributed by atoms with Crippen LogP contribution in [-0.4, -0.2) is 14.5 Å². The van der Waals surface area contributed by atoms with Crippen molar-refractivity contribution in [1.82, 2.24) is 14.5 Å². The largest absolute Gasteiger partial charge is 0.444 e. The fraction of sp³-hybridized carbons (Fsp3) is 0.211. The van der Waals surface area contributed by atoms with Crippen molar-refractivity contribution in [2.75, 3.05) is 0 Å². The van der Waals surface area contributed by atoms with E-state index in [1.54, 1.807) is 20.2 Å². The van der Waals surface area contributed by atoms with Crippen molar-refractivity contribution in [3.8, 4) is 0 Å². The third kappa shape index (κ3) is 2.46. The van der Waals surface area contributed by atoms with Crippen LogP contribution >= 0.6 is 0 Å². The van der Waals surface area contributed by atoms with E-state index in [0.29, 0.717) is 22.9 Å². The molecule has 0 aliphatic heterocycles. The van der Waals surface area contributed by atoms with Gasteiger partial charge in [-0.05, 0) is 24.1 Å². The van der Waals surface area contributed by atoms with Gasteiger partial charge in [-0.2, -0.15) is 0 Å². The van der Waals surface area contributed by atoms with Gasteiger partial charge in [-0.15, -0.1) is 0 Å². The standard InChI is InChI=1S/C19H17N3O3/c1-10-4-6-13-12(8-10)5-7-15-17(25-11(2)20-15)16(13)14-9-22(3)19(24)21-18(14)23/h4-9,16H,1-3H3,(H,21,23,24). The molecule has 6 nitrogen and oxygen atoms in total. The number of H-pyrrole nitrogens is 1. The average molecular weight is 335 g/mol. The average Bonchev–Trinajstić information content (AvgIpc) is 2.86. The maximum atomic E-state index is 12.5. The molecule has 0 saturated carbocycles. The van der Waals surface area contributed by atoms with Crippen LogP contribution in [0.1, 0.15) is 45.5 Å². The molecular weight excluding hydrogens is 318 g/mol. The lowest BCUT2D eigenvalue weighted by Crippen LogP contribution is -2.31. The highest BCUT2D eigenvalue weighted by molar-refractivity contribution is 5.75. The Hall–Kier alpha value is -3.15. The summed E-state index contributed by atoms with van der Waals surface area (Å²) in [5.74, 6) is 0.717. The Balaban J connectivity index is 2.07. The molecule has 126 valence electrons. The van der Waals surface area contributed by atoms with Crippen LogP contribution < -0.4 is 11.2 Å². The van der Waals surface area contributed by atoms with Crippen LogP contribution in [0, 0.1) is 13.8 Å². The molecule has 1 N–H and O–H groups in total. The summed E-state index contributed by atoms with van der Waals surface area (Å²) in [6.07, 6.45) is 5.46. The smallest absolute Gasteiger partial charge is 0.328 e. The van der Waals surface area contributed by atoms with E-state index in [-0.39, 0.29) is 0 Å². The van der Waals surface area contributed by atoms with Crippen LogP contribution in [0.25, 0.3) is 12.2 Å². The van der Waals surface area contributed by atoms with Crippen molar-refractivity contribution in [3.05, 3.63) is 84.8 Å². The van der Waals surface area contributed by atoms with Crippen LogP contribution in [0.15, 0.2) is 38.4 Å². The number of aromatic amines is 1. The first kappa shape index (κ1) is 15.4. The van der Waals surface area contributed by atoms with E-state index in [1.165, 1.54) is 4.57 Å². The normalized spacial score (nSPS) is 15.6.